The van der Waals surface area contributed by atoms with E-state index in [1.807, 2.05) is 0 Å². The highest BCUT2D eigenvalue weighted by Gasteiger charge is 2.66. The van der Waals surface area contributed by atoms with Crippen LogP contribution in [0.2, 0.25) is 0 Å². The lowest BCUT2D eigenvalue weighted by atomic mass is 9.44. The van der Waals surface area contributed by atoms with Crippen LogP contribution in [0.4, 0.5) is 0 Å². The minimum atomic E-state index is -0.113. The Labute approximate surface area is 243 Å². The molecule has 13 atom stereocenters. The van der Waals surface area contributed by atoms with Crippen LogP contribution in [0.15, 0.2) is 30.3 Å². The van der Waals surface area contributed by atoms with Gasteiger partial charge in [0.15, 0.2) is 0 Å². The quantitative estimate of drug-likeness (QED) is 0.358. The average molecular weight is 551 g/mol. The van der Waals surface area contributed by atoms with Gasteiger partial charge >= 0.3 is 5.97 Å². The van der Waals surface area contributed by atoms with Crippen molar-refractivity contribution in [3.8, 4) is 0 Å². The van der Waals surface area contributed by atoms with Crippen molar-refractivity contribution in [3.05, 3.63) is 35.9 Å². The van der Waals surface area contributed by atoms with E-state index in [0.29, 0.717) is 46.5 Å². The van der Waals surface area contributed by atoms with Gasteiger partial charge in [-0.3, -0.25) is 4.79 Å². The molecule has 1 saturated heterocycles. The van der Waals surface area contributed by atoms with E-state index < -0.39 is 0 Å². The lowest BCUT2D eigenvalue weighted by Gasteiger charge is -2.61. The van der Waals surface area contributed by atoms with Gasteiger partial charge in [0.05, 0.1) is 12.2 Å². The van der Waals surface area contributed by atoms with Crippen LogP contribution in [0.5, 0.6) is 0 Å². The summed E-state index contributed by atoms with van der Waals surface area (Å²) in [6.45, 7) is 11.8. The van der Waals surface area contributed by atoms with Crippen LogP contribution in [-0.4, -0.2) is 36.0 Å². The first-order chi connectivity index (χ1) is 19.1. The minimum absolute atomic E-state index is 0.113. The first kappa shape index (κ1) is 28.7. The van der Waals surface area contributed by atoms with Crippen LogP contribution >= 0.6 is 0 Å². The summed E-state index contributed by atoms with van der Waals surface area (Å²) in [5.41, 5.74) is 2.16. The summed E-state index contributed by atoms with van der Waals surface area (Å²) in [7, 11) is 0. The predicted molar refractivity (Wildman–Crippen MR) is 158 cm³/mol. The van der Waals surface area contributed by atoms with Gasteiger partial charge in [0.1, 0.15) is 6.10 Å². The Balaban J connectivity index is 1.18. The van der Waals surface area contributed by atoms with Crippen molar-refractivity contribution in [2.75, 3.05) is 6.61 Å². The van der Waals surface area contributed by atoms with Crippen LogP contribution in [0, 0.1) is 58.2 Å². The van der Waals surface area contributed by atoms with Crippen molar-refractivity contribution in [1.29, 1.82) is 0 Å². The van der Waals surface area contributed by atoms with Gasteiger partial charge in [-0.25, -0.2) is 0 Å². The zero-order valence-corrected chi connectivity index (χ0v) is 25.7. The fourth-order valence-corrected chi connectivity index (χ4v) is 11.6. The van der Waals surface area contributed by atoms with E-state index in [1.165, 1.54) is 44.1 Å². The maximum absolute atomic E-state index is 11.6. The molecule has 222 valence electrons. The topological polar surface area (TPSA) is 55.8 Å². The van der Waals surface area contributed by atoms with Crippen molar-refractivity contribution < 1.29 is 19.4 Å². The number of hydrogen-bond acceptors (Lipinski definition) is 4. The summed E-state index contributed by atoms with van der Waals surface area (Å²) in [4.78, 5) is 11.6. The summed E-state index contributed by atoms with van der Waals surface area (Å²) in [6, 6.07) is 10.9. The van der Waals surface area contributed by atoms with E-state index in [9.17, 15) is 9.90 Å². The maximum atomic E-state index is 11.6. The highest BCUT2D eigenvalue weighted by atomic mass is 16.5. The summed E-state index contributed by atoms with van der Waals surface area (Å²) in [6.07, 6.45) is 12.8. The second kappa shape index (κ2) is 11.0. The van der Waals surface area contributed by atoms with E-state index in [-0.39, 0.29) is 24.8 Å². The normalized spacial score (nSPS) is 45.5. The third kappa shape index (κ3) is 4.87. The summed E-state index contributed by atoms with van der Waals surface area (Å²) >= 11 is 0. The van der Waals surface area contributed by atoms with E-state index in [4.69, 9.17) is 9.47 Å². The Morgan fingerprint density at radius 2 is 1.80 bits per heavy atom. The van der Waals surface area contributed by atoms with Crippen LogP contribution in [0.25, 0.3) is 0 Å². The molecule has 0 bridgehead atoms. The summed E-state index contributed by atoms with van der Waals surface area (Å²) in [5, 5.41) is 9.92. The molecule has 5 aliphatic rings. The molecule has 1 heterocycles. The zero-order chi connectivity index (χ0) is 28.2. The number of benzene rings is 1. The maximum Gasteiger partial charge on any atom is 0.302 e. The lowest BCUT2D eigenvalue weighted by Crippen LogP contribution is -2.54. The molecule has 0 unspecified atom stereocenters. The van der Waals surface area contributed by atoms with E-state index in [2.05, 4.69) is 58.0 Å². The molecule has 1 aliphatic heterocycles. The second-order valence-corrected chi connectivity index (χ2v) is 15.4. The molecular formula is C36H54O4. The van der Waals surface area contributed by atoms with Crippen LogP contribution < -0.4 is 0 Å². The van der Waals surface area contributed by atoms with Gasteiger partial charge in [-0.15, -0.1) is 0 Å². The van der Waals surface area contributed by atoms with Crippen molar-refractivity contribution in [2.24, 2.45) is 58.2 Å². The number of aliphatic hydroxyl groups excluding tert-OH is 1. The van der Waals surface area contributed by atoms with E-state index in [0.717, 1.165) is 43.4 Å². The highest BCUT2D eigenvalue weighted by molar-refractivity contribution is 5.66. The Kier molecular flexibility index (Phi) is 7.92. The number of esters is 1. The molecule has 1 aromatic rings. The second-order valence-electron chi connectivity index (χ2n) is 15.4. The smallest absolute Gasteiger partial charge is 0.302 e. The van der Waals surface area contributed by atoms with Gasteiger partial charge in [-0.2, -0.15) is 0 Å². The first-order valence-electron chi connectivity index (χ1n) is 16.6. The molecule has 4 aliphatic carbocycles. The van der Waals surface area contributed by atoms with Gasteiger partial charge in [-0.05, 0) is 128 Å². The number of rotatable bonds is 7. The Morgan fingerprint density at radius 1 is 1.05 bits per heavy atom. The Bertz CT molecular complexity index is 1040. The van der Waals surface area contributed by atoms with E-state index in [1.54, 1.807) is 6.92 Å². The van der Waals surface area contributed by atoms with Crippen LogP contribution in [0.1, 0.15) is 98.0 Å². The largest absolute Gasteiger partial charge is 0.463 e. The molecule has 1 N–H and O–H groups in total. The molecule has 5 fully saturated rings. The standard InChI is InChI=1S/C36H54O4/c1-22(21-37)17-26(18-25-9-7-6-8-10-25)34-23(2)33-32(40-34)20-31-29-12-11-27-19-28(39-24(3)38)13-15-35(27,4)30(29)14-16-36(31,33)5/h6-10,22-23,26-34,37H,11-21H2,1-5H3/t22-,23-,26-,27-,28-,29+,30-,31-,32-,33-,34-,35-,36-/m0/s1. The Hall–Kier alpha value is -1.39. The van der Waals surface area contributed by atoms with Gasteiger partial charge in [0.2, 0.25) is 0 Å². The number of hydrogen-bond donors (Lipinski definition) is 1. The summed E-state index contributed by atoms with van der Waals surface area (Å²) in [5.74, 6) is 4.95. The fraction of sp³-hybridized carbons (Fsp3) is 0.806. The van der Waals surface area contributed by atoms with Gasteiger partial charge < -0.3 is 14.6 Å². The van der Waals surface area contributed by atoms with Crippen molar-refractivity contribution in [3.63, 3.8) is 0 Å². The third-order valence-corrected chi connectivity index (χ3v) is 13.3. The number of aliphatic hydroxyl groups is 1. The molecule has 0 aromatic heterocycles. The van der Waals surface area contributed by atoms with Crippen molar-refractivity contribution in [2.45, 2.75) is 117 Å². The number of carbonyl (C=O) groups excluding carboxylic acids is 1. The van der Waals surface area contributed by atoms with Gasteiger partial charge in [0.25, 0.3) is 0 Å². The molecule has 0 spiro atoms. The third-order valence-electron chi connectivity index (χ3n) is 13.3. The first-order valence-corrected chi connectivity index (χ1v) is 16.6. The molecule has 4 nitrogen and oxygen atoms in total. The molecule has 0 radical (unpaired) electrons. The van der Waals surface area contributed by atoms with Crippen molar-refractivity contribution in [1.82, 2.24) is 0 Å². The van der Waals surface area contributed by atoms with Gasteiger partial charge in [-0.1, -0.05) is 58.0 Å². The van der Waals surface area contributed by atoms with Crippen LogP contribution in [0.3, 0.4) is 0 Å². The zero-order valence-electron chi connectivity index (χ0n) is 25.7. The molecular weight excluding hydrogens is 496 g/mol. The number of ether oxygens (including phenoxy) is 2. The fourth-order valence-electron chi connectivity index (χ4n) is 11.6. The monoisotopic (exact) mass is 550 g/mol. The molecule has 4 saturated carbocycles. The lowest BCUT2D eigenvalue weighted by molar-refractivity contribution is -0.160. The molecule has 6 rings (SSSR count). The SMILES string of the molecule is CC(=O)O[C@H]1CC[C@@]2(C)[C@@H](CC[C@@H]3[C@@H]2CC[C@]2(C)[C@H]4[C@H](C)[C@@H]([C@H](Cc5ccccc5)C[C@H](C)CO)O[C@H]4C[C@@H]32)C1. The van der Waals surface area contributed by atoms with Gasteiger partial charge in [0, 0.05) is 13.5 Å². The molecule has 0 amide bonds. The summed E-state index contributed by atoms with van der Waals surface area (Å²) < 4.78 is 12.9. The molecule has 1 aromatic carbocycles. The van der Waals surface area contributed by atoms with E-state index >= 15 is 0 Å². The van der Waals surface area contributed by atoms with Crippen molar-refractivity contribution >= 4 is 5.97 Å². The number of carbonyl (C=O) groups is 1. The average Bonchev–Trinajstić information content (AvgIpc) is 3.42. The van der Waals surface area contributed by atoms with Crippen LogP contribution in [-0.2, 0) is 20.7 Å². The molecule has 40 heavy (non-hydrogen) atoms. The predicted octanol–water partition coefficient (Wildman–Crippen LogP) is 7.47. The minimum Gasteiger partial charge on any atom is -0.463 e. The number of fused-ring (bicyclic) bond motifs is 7. The highest BCUT2D eigenvalue weighted by Crippen LogP contribution is 2.70. The molecule has 4 heteroatoms. The Morgan fingerprint density at radius 3 is 2.52 bits per heavy atom.